The molecule has 0 aliphatic carbocycles. The van der Waals surface area contributed by atoms with Gasteiger partial charge in [0.1, 0.15) is 5.82 Å². The summed E-state index contributed by atoms with van der Waals surface area (Å²) in [4.78, 5) is 12.6. The highest BCUT2D eigenvalue weighted by molar-refractivity contribution is 7.89. The van der Waals surface area contributed by atoms with Crippen molar-refractivity contribution < 1.29 is 22.0 Å². The smallest absolute Gasteiger partial charge is 0.322 e. The molecule has 1 amide bonds. The van der Waals surface area contributed by atoms with Crippen LogP contribution in [0.25, 0.3) is 11.5 Å². The Morgan fingerprint density at radius 1 is 1.10 bits per heavy atom. The number of hydrogen-bond donors (Lipinski definition) is 1. The van der Waals surface area contributed by atoms with Crippen LogP contribution in [-0.2, 0) is 10.0 Å². The number of nitrogens with one attached hydrogen (secondary N) is 1. The number of nitrogens with zero attached hydrogens (tertiary/aromatic N) is 3. The molecular formula is C21H21FN4O4S. The Morgan fingerprint density at radius 3 is 2.48 bits per heavy atom. The number of aromatic nitrogens is 2. The molecule has 0 spiro atoms. The van der Waals surface area contributed by atoms with Crippen LogP contribution in [0.4, 0.5) is 10.4 Å². The Morgan fingerprint density at radius 2 is 1.81 bits per heavy atom. The van der Waals surface area contributed by atoms with Gasteiger partial charge in [0, 0.05) is 23.7 Å². The second-order valence-corrected chi connectivity index (χ2v) is 9.25. The van der Waals surface area contributed by atoms with Gasteiger partial charge < -0.3 is 4.42 Å². The molecule has 0 saturated carbocycles. The molecule has 162 valence electrons. The van der Waals surface area contributed by atoms with Crippen molar-refractivity contribution in [1.82, 2.24) is 14.5 Å². The minimum Gasteiger partial charge on any atom is -0.403 e. The number of anilines is 1. The van der Waals surface area contributed by atoms with E-state index in [1.165, 1.54) is 52.8 Å². The van der Waals surface area contributed by atoms with E-state index in [-0.39, 0.29) is 28.4 Å². The molecule has 1 N–H and O–H groups in total. The van der Waals surface area contributed by atoms with Crippen molar-refractivity contribution in [2.75, 3.05) is 11.9 Å². The SMILES string of the molecule is C[C@H]1CCCCN1S(=O)(=O)c1ccc(C(=O)Nc2nnc(-c3ccc(F)cc3)o2)cc1. The largest absolute Gasteiger partial charge is 0.403 e. The number of benzene rings is 2. The fourth-order valence-corrected chi connectivity index (χ4v) is 5.19. The highest BCUT2D eigenvalue weighted by atomic mass is 32.2. The third kappa shape index (κ3) is 4.49. The van der Waals surface area contributed by atoms with Crippen LogP contribution >= 0.6 is 0 Å². The third-order valence-corrected chi connectivity index (χ3v) is 7.23. The molecule has 1 saturated heterocycles. The van der Waals surface area contributed by atoms with Crippen molar-refractivity contribution >= 4 is 21.9 Å². The monoisotopic (exact) mass is 444 g/mol. The van der Waals surface area contributed by atoms with Crippen LogP contribution in [0, 0.1) is 5.82 Å². The molecule has 1 atom stereocenters. The first-order chi connectivity index (χ1) is 14.8. The summed E-state index contributed by atoms with van der Waals surface area (Å²) in [6.45, 7) is 2.41. The first-order valence-electron chi connectivity index (χ1n) is 9.87. The molecule has 4 rings (SSSR count). The van der Waals surface area contributed by atoms with E-state index in [1.807, 2.05) is 6.92 Å². The van der Waals surface area contributed by atoms with Crippen LogP contribution in [0.2, 0.25) is 0 Å². The van der Waals surface area contributed by atoms with E-state index in [9.17, 15) is 17.6 Å². The molecule has 0 unspecified atom stereocenters. The van der Waals surface area contributed by atoms with E-state index < -0.39 is 21.7 Å². The Labute approximate surface area is 179 Å². The maximum atomic E-state index is 13.0. The van der Waals surface area contributed by atoms with E-state index in [0.29, 0.717) is 12.1 Å². The predicted molar refractivity (Wildman–Crippen MR) is 111 cm³/mol. The number of rotatable bonds is 5. The zero-order valence-electron chi connectivity index (χ0n) is 16.8. The lowest BCUT2D eigenvalue weighted by atomic mass is 10.1. The average molecular weight is 444 g/mol. The zero-order valence-corrected chi connectivity index (χ0v) is 17.6. The van der Waals surface area contributed by atoms with Gasteiger partial charge in [-0.1, -0.05) is 11.5 Å². The number of carbonyl (C=O) groups excluding carboxylic acids is 1. The summed E-state index contributed by atoms with van der Waals surface area (Å²) in [7, 11) is -3.61. The molecule has 1 aliphatic rings. The molecule has 31 heavy (non-hydrogen) atoms. The van der Waals surface area contributed by atoms with Gasteiger partial charge >= 0.3 is 6.01 Å². The topological polar surface area (TPSA) is 105 Å². The van der Waals surface area contributed by atoms with Gasteiger partial charge in [0.05, 0.1) is 4.90 Å². The normalized spacial score (nSPS) is 17.4. The van der Waals surface area contributed by atoms with Gasteiger partial charge in [-0.3, -0.25) is 10.1 Å². The average Bonchev–Trinajstić information content (AvgIpc) is 3.23. The molecule has 1 aliphatic heterocycles. The molecule has 3 aromatic rings. The first-order valence-corrected chi connectivity index (χ1v) is 11.3. The summed E-state index contributed by atoms with van der Waals surface area (Å²) < 4.78 is 45.7. The number of piperidine rings is 1. The summed E-state index contributed by atoms with van der Waals surface area (Å²) in [5.41, 5.74) is 0.753. The van der Waals surface area contributed by atoms with Crippen LogP contribution in [0.15, 0.2) is 57.8 Å². The van der Waals surface area contributed by atoms with Gasteiger partial charge in [-0.2, -0.15) is 4.31 Å². The highest BCUT2D eigenvalue weighted by Crippen LogP contribution is 2.25. The number of sulfonamides is 1. The standard InChI is InChI=1S/C21H21FN4O4S/c1-14-4-2-3-13-26(14)31(28,29)18-11-7-15(8-12-18)19(27)23-21-25-24-20(30-21)16-5-9-17(22)10-6-16/h5-12,14H,2-4,13H2,1H3,(H,23,25,27)/t14-/m0/s1. The minimum atomic E-state index is -3.61. The molecule has 10 heteroatoms. The van der Waals surface area contributed by atoms with Gasteiger partial charge in [0.25, 0.3) is 5.91 Å². The van der Waals surface area contributed by atoms with E-state index in [4.69, 9.17) is 4.42 Å². The van der Waals surface area contributed by atoms with Crippen molar-refractivity contribution in [3.63, 3.8) is 0 Å². The summed E-state index contributed by atoms with van der Waals surface area (Å²) in [6.07, 6.45) is 2.70. The van der Waals surface area contributed by atoms with E-state index in [0.717, 1.165) is 19.3 Å². The summed E-state index contributed by atoms with van der Waals surface area (Å²) >= 11 is 0. The Kier molecular flexibility index (Phi) is 5.84. The summed E-state index contributed by atoms with van der Waals surface area (Å²) in [5, 5.41) is 10.1. The van der Waals surface area contributed by atoms with Gasteiger partial charge in [-0.25, -0.2) is 12.8 Å². The summed E-state index contributed by atoms with van der Waals surface area (Å²) in [6, 6.07) is 11.0. The Bertz CT molecular complexity index is 1180. The molecule has 8 nitrogen and oxygen atoms in total. The van der Waals surface area contributed by atoms with Gasteiger partial charge in [0.2, 0.25) is 15.9 Å². The zero-order chi connectivity index (χ0) is 22.0. The van der Waals surface area contributed by atoms with Crippen LogP contribution < -0.4 is 5.32 Å². The van der Waals surface area contributed by atoms with Gasteiger partial charge in [-0.15, -0.1) is 5.10 Å². The van der Waals surface area contributed by atoms with Crippen LogP contribution in [-0.4, -0.2) is 41.4 Å². The van der Waals surface area contributed by atoms with E-state index in [2.05, 4.69) is 15.5 Å². The first kappa shape index (κ1) is 21.1. The highest BCUT2D eigenvalue weighted by Gasteiger charge is 2.31. The lowest BCUT2D eigenvalue weighted by Crippen LogP contribution is -2.41. The maximum absolute atomic E-state index is 13.0. The van der Waals surface area contributed by atoms with Crippen molar-refractivity contribution in [2.24, 2.45) is 0 Å². The second kappa shape index (κ2) is 8.56. The number of amides is 1. The van der Waals surface area contributed by atoms with Gasteiger partial charge in [-0.05, 0) is 68.3 Å². The molecule has 1 fully saturated rings. The third-order valence-electron chi connectivity index (χ3n) is 5.20. The molecule has 1 aromatic heterocycles. The minimum absolute atomic E-state index is 0.0467. The number of halogens is 1. The molecule has 0 bridgehead atoms. The van der Waals surface area contributed by atoms with Crippen LogP contribution in [0.5, 0.6) is 0 Å². The van der Waals surface area contributed by atoms with Crippen LogP contribution in [0.3, 0.4) is 0 Å². The molecule has 2 heterocycles. The van der Waals surface area contributed by atoms with Crippen LogP contribution in [0.1, 0.15) is 36.5 Å². The molecule has 2 aromatic carbocycles. The number of carbonyl (C=O) groups is 1. The van der Waals surface area contributed by atoms with Crippen molar-refractivity contribution in [1.29, 1.82) is 0 Å². The quantitative estimate of drug-likeness (QED) is 0.643. The van der Waals surface area contributed by atoms with Crippen molar-refractivity contribution in [3.8, 4) is 11.5 Å². The molecular weight excluding hydrogens is 423 g/mol. The van der Waals surface area contributed by atoms with E-state index in [1.54, 1.807) is 0 Å². The Balaban J connectivity index is 1.46. The van der Waals surface area contributed by atoms with Crippen molar-refractivity contribution in [2.45, 2.75) is 37.1 Å². The lowest BCUT2D eigenvalue weighted by Gasteiger charge is -2.32. The Hall–Kier alpha value is -3.11. The van der Waals surface area contributed by atoms with Crippen molar-refractivity contribution in [3.05, 3.63) is 59.9 Å². The van der Waals surface area contributed by atoms with E-state index >= 15 is 0 Å². The summed E-state index contributed by atoms with van der Waals surface area (Å²) in [5.74, 6) is -0.783. The maximum Gasteiger partial charge on any atom is 0.322 e. The number of hydrogen-bond acceptors (Lipinski definition) is 6. The lowest BCUT2D eigenvalue weighted by molar-refractivity contribution is 0.102. The van der Waals surface area contributed by atoms with Gasteiger partial charge in [0.15, 0.2) is 0 Å². The fraction of sp³-hybridized carbons (Fsp3) is 0.286. The second-order valence-electron chi connectivity index (χ2n) is 7.36. The fourth-order valence-electron chi connectivity index (χ4n) is 3.49. The molecule has 0 radical (unpaired) electrons. The predicted octanol–water partition coefficient (Wildman–Crippen LogP) is 3.69.